The van der Waals surface area contributed by atoms with Crippen LogP contribution in [-0.2, 0) is 0 Å². The summed E-state index contributed by atoms with van der Waals surface area (Å²) in [5.41, 5.74) is 2.41. The van der Waals surface area contributed by atoms with Crippen LogP contribution in [0.5, 0.6) is 5.75 Å². The average Bonchev–Trinajstić information content (AvgIpc) is 2.60. The SMILES string of the molecule is CCN(CCNc1ccc(OCCC(C)C)cc1)c1ccccc1. The standard InChI is InChI=1S/C21H30N2O/c1-4-23(20-8-6-5-7-9-20)16-15-22-19-10-12-21(13-11-19)24-17-14-18(2)3/h5-13,18,22H,4,14-17H2,1-3H3. The maximum Gasteiger partial charge on any atom is 0.119 e. The molecule has 0 spiro atoms. The van der Waals surface area contributed by atoms with Gasteiger partial charge in [0.25, 0.3) is 0 Å². The predicted octanol–water partition coefficient (Wildman–Crippen LogP) is 5.05. The van der Waals surface area contributed by atoms with Crippen molar-refractivity contribution in [3.63, 3.8) is 0 Å². The van der Waals surface area contributed by atoms with Crippen LogP contribution in [0, 0.1) is 5.92 Å². The summed E-state index contributed by atoms with van der Waals surface area (Å²) >= 11 is 0. The number of ether oxygens (including phenoxy) is 1. The zero-order valence-corrected chi connectivity index (χ0v) is 15.2. The highest BCUT2D eigenvalue weighted by molar-refractivity contribution is 5.48. The monoisotopic (exact) mass is 326 g/mol. The van der Waals surface area contributed by atoms with Crippen molar-refractivity contribution in [2.75, 3.05) is 36.5 Å². The summed E-state index contributed by atoms with van der Waals surface area (Å²) in [7, 11) is 0. The number of nitrogens with one attached hydrogen (secondary N) is 1. The molecule has 0 amide bonds. The fraction of sp³-hybridized carbons (Fsp3) is 0.429. The lowest BCUT2D eigenvalue weighted by molar-refractivity contribution is 0.289. The van der Waals surface area contributed by atoms with Gasteiger partial charge in [-0.1, -0.05) is 32.0 Å². The largest absolute Gasteiger partial charge is 0.494 e. The van der Waals surface area contributed by atoms with Crippen molar-refractivity contribution < 1.29 is 4.74 Å². The molecule has 2 aromatic carbocycles. The third kappa shape index (κ3) is 6.15. The molecule has 0 unspecified atom stereocenters. The van der Waals surface area contributed by atoms with Gasteiger partial charge in [0.05, 0.1) is 6.61 Å². The molecule has 0 radical (unpaired) electrons. The number of hydrogen-bond acceptors (Lipinski definition) is 3. The molecule has 2 rings (SSSR count). The first kappa shape index (κ1) is 18.2. The molecule has 24 heavy (non-hydrogen) atoms. The van der Waals surface area contributed by atoms with Gasteiger partial charge in [-0.15, -0.1) is 0 Å². The van der Waals surface area contributed by atoms with Gasteiger partial charge >= 0.3 is 0 Å². The molecule has 0 aliphatic carbocycles. The third-order valence-corrected chi connectivity index (χ3v) is 4.03. The van der Waals surface area contributed by atoms with Gasteiger partial charge in [0, 0.05) is 31.0 Å². The van der Waals surface area contributed by atoms with E-state index in [-0.39, 0.29) is 0 Å². The molecule has 0 fully saturated rings. The first-order chi connectivity index (χ1) is 11.7. The van der Waals surface area contributed by atoms with Crippen molar-refractivity contribution in [1.29, 1.82) is 0 Å². The third-order valence-electron chi connectivity index (χ3n) is 4.03. The van der Waals surface area contributed by atoms with Gasteiger partial charge < -0.3 is 15.0 Å². The number of rotatable bonds is 10. The first-order valence-corrected chi connectivity index (χ1v) is 8.95. The summed E-state index contributed by atoms with van der Waals surface area (Å²) in [6.45, 7) is 10.3. The van der Waals surface area contributed by atoms with Crippen LogP contribution in [0.3, 0.4) is 0 Å². The number of likely N-dealkylation sites (N-methyl/N-ethyl adjacent to an activating group) is 1. The van der Waals surface area contributed by atoms with Crippen molar-refractivity contribution >= 4 is 11.4 Å². The molecular formula is C21H30N2O. The minimum atomic E-state index is 0.678. The Bertz CT molecular complexity index is 566. The highest BCUT2D eigenvalue weighted by Gasteiger charge is 2.03. The summed E-state index contributed by atoms with van der Waals surface area (Å²) in [4.78, 5) is 2.37. The zero-order chi connectivity index (χ0) is 17.2. The molecule has 0 heterocycles. The van der Waals surface area contributed by atoms with Gasteiger partial charge in [0.2, 0.25) is 0 Å². The molecule has 0 atom stereocenters. The van der Waals surface area contributed by atoms with Crippen LogP contribution in [0.1, 0.15) is 27.2 Å². The molecule has 3 nitrogen and oxygen atoms in total. The fourth-order valence-corrected chi connectivity index (χ4v) is 2.53. The van der Waals surface area contributed by atoms with E-state index in [9.17, 15) is 0 Å². The van der Waals surface area contributed by atoms with Gasteiger partial charge in [-0.05, 0) is 55.7 Å². The Kier molecular flexibility index (Phi) is 7.47. The Balaban J connectivity index is 1.75. The van der Waals surface area contributed by atoms with Crippen molar-refractivity contribution in [1.82, 2.24) is 0 Å². The fourth-order valence-electron chi connectivity index (χ4n) is 2.53. The second-order valence-electron chi connectivity index (χ2n) is 6.40. The second kappa shape index (κ2) is 9.86. The van der Waals surface area contributed by atoms with E-state index in [1.165, 1.54) is 5.69 Å². The number of hydrogen-bond donors (Lipinski definition) is 1. The average molecular weight is 326 g/mol. The highest BCUT2D eigenvalue weighted by atomic mass is 16.5. The summed E-state index contributed by atoms with van der Waals surface area (Å²) in [6.07, 6.45) is 1.09. The summed E-state index contributed by atoms with van der Waals surface area (Å²) in [5.74, 6) is 1.62. The summed E-state index contributed by atoms with van der Waals surface area (Å²) in [6, 6.07) is 18.8. The molecule has 130 valence electrons. The van der Waals surface area contributed by atoms with Gasteiger partial charge in [-0.2, -0.15) is 0 Å². The highest BCUT2D eigenvalue weighted by Crippen LogP contribution is 2.17. The predicted molar refractivity (Wildman–Crippen MR) is 104 cm³/mol. The first-order valence-electron chi connectivity index (χ1n) is 8.95. The quantitative estimate of drug-likeness (QED) is 0.661. The van der Waals surface area contributed by atoms with Crippen LogP contribution in [0.2, 0.25) is 0 Å². The normalized spacial score (nSPS) is 10.7. The van der Waals surface area contributed by atoms with Crippen molar-refractivity contribution in [3.05, 3.63) is 54.6 Å². The summed E-state index contributed by atoms with van der Waals surface area (Å²) in [5, 5.41) is 3.48. The Labute approximate surface area is 146 Å². The van der Waals surface area contributed by atoms with Crippen LogP contribution >= 0.6 is 0 Å². The molecule has 0 saturated carbocycles. The van der Waals surface area contributed by atoms with Gasteiger partial charge in [-0.25, -0.2) is 0 Å². The smallest absolute Gasteiger partial charge is 0.119 e. The minimum absolute atomic E-state index is 0.678. The van der Waals surface area contributed by atoms with Gasteiger partial charge in [-0.3, -0.25) is 0 Å². The molecule has 3 heteroatoms. The Hall–Kier alpha value is -2.16. The van der Waals surface area contributed by atoms with E-state index in [0.29, 0.717) is 5.92 Å². The van der Waals surface area contributed by atoms with Crippen molar-refractivity contribution in [3.8, 4) is 5.75 Å². The molecular weight excluding hydrogens is 296 g/mol. The number of nitrogens with zero attached hydrogens (tertiary/aromatic N) is 1. The van der Waals surface area contributed by atoms with Crippen LogP contribution in [0.25, 0.3) is 0 Å². The van der Waals surface area contributed by atoms with Crippen LogP contribution < -0.4 is 15.0 Å². The lowest BCUT2D eigenvalue weighted by atomic mass is 10.1. The number of benzene rings is 2. The van der Waals surface area contributed by atoms with E-state index in [2.05, 4.69) is 73.5 Å². The van der Waals surface area contributed by atoms with E-state index in [4.69, 9.17) is 4.74 Å². The van der Waals surface area contributed by atoms with Gasteiger partial charge in [0.15, 0.2) is 0 Å². The maximum atomic E-state index is 5.75. The zero-order valence-electron chi connectivity index (χ0n) is 15.2. The lowest BCUT2D eigenvalue weighted by Crippen LogP contribution is -2.28. The van der Waals surface area contributed by atoms with Crippen LogP contribution in [-0.4, -0.2) is 26.2 Å². The van der Waals surface area contributed by atoms with E-state index >= 15 is 0 Å². The Morgan fingerprint density at radius 3 is 2.33 bits per heavy atom. The Morgan fingerprint density at radius 2 is 1.71 bits per heavy atom. The molecule has 2 aromatic rings. The van der Waals surface area contributed by atoms with E-state index in [1.807, 2.05) is 12.1 Å². The molecule has 0 bridgehead atoms. The van der Waals surface area contributed by atoms with E-state index < -0.39 is 0 Å². The Morgan fingerprint density at radius 1 is 1.00 bits per heavy atom. The summed E-state index contributed by atoms with van der Waals surface area (Å²) < 4.78 is 5.75. The van der Waals surface area contributed by atoms with Crippen LogP contribution in [0.15, 0.2) is 54.6 Å². The molecule has 1 N–H and O–H groups in total. The molecule has 0 aliphatic heterocycles. The molecule has 0 saturated heterocycles. The van der Waals surface area contributed by atoms with E-state index in [0.717, 1.165) is 44.1 Å². The van der Waals surface area contributed by atoms with Gasteiger partial charge in [0.1, 0.15) is 5.75 Å². The van der Waals surface area contributed by atoms with Crippen LogP contribution in [0.4, 0.5) is 11.4 Å². The second-order valence-corrected chi connectivity index (χ2v) is 6.40. The molecule has 0 aliphatic rings. The maximum absolute atomic E-state index is 5.75. The number of anilines is 2. The van der Waals surface area contributed by atoms with E-state index in [1.54, 1.807) is 0 Å². The van der Waals surface area contributed by atoms with Crippen molar-refractivity contribution in [2.45, 2.75) is 27.2 Å². The molecule has 0 aromatic heterocycles. The minimum Gasteiger partial charge on any atom is -0.494 e. The lowest BCUT2D eigenvalue weighted by Gasteiger charge is -2.23. The number of para-hydroxylation sites is 1. The topological polar surface area (TPSA) is 24.5 Å². The van der Waals surface area contributed by atoms with Crippen molar-refractivity contribution in [2.24, 2.45) is 5.92 Å².